The van der Waals surface area contributed by atoms with Crippen LogP contribution in [0.3, 0.4) is 0 Å². The lowest BCUT2D eigenvalue weighted by Crippen LogP contribution is -2.50. The summed E-state index contributed by atoms with van der Waals surface area (Å²) >= 11 is 6.55. The zero-order valence-corrected chi connectivity index (χ0v) is 19.5. The molecule has 5 aromatic rings. The number of benzene rings is 2. The minimum absolute atomic E-state index is 0.114. The molecule has 10 heteroatoms. The predicted octanol–water partition coefficient (Wildman–Crippen LogP) is 4.83. The first kappa shape index (κ1) is 21.5. The molecule has 0 bridgehead atoms. The number of nitrogens with one attached hydrogen (secondary N) is 2. The largest absolute Gasteiger partial charge is 0.493 e. The lowest BCUT2D eigenvalue weighted by Gasteiger charge is -2.28. The summed E-state index contributed by atoms with van der Waals surface area (Å²) in [5.41, 5.74) is 2.43. The van der Waals surface area contributed by atoms with Crippen molar-refractivity contribution in [2.45, 2.75) is 6.10 Å². The van der Waals surface area contributed by atoms with Crippen LogP contribution in [0, 0.1) is 0 Å². The van der Waals surface area contributed by atoms with Crippen LogP contribution in [0.4, 0.5) is 11.5 Å². The van der Waals surface area contributed by atoms with Crippen molar-refractivity contribution in [2.75, 3.05) is 25.5 Å². The van der Waals surface area contributed by atoms with Gasteiger partial charge in [0.15, 0.2) is 11.5 Å². The minimum Gasteiger partial charge on any atom is -0.493 e. The second-order valence-electron chi connectivity index (χ2n) is 8.08. The Morgan fingerprint density at radius 1 is 1.03 bits per heavy atom. The fraction of sp³-hybridized carbons (Fsp3) is 0.160. The van der Waals surface area contributed by atoms with Gasteiger partial charge in [0.25, 0.3) is 0 Å². The van der Waals surface area contributed by atoms with Crippen LogP contribution in [0.15, 0.2) is 67.3 Å². The third-order valence-electron chi connectivity index (χ3n) is 5.75. The Morgan fingerprint density at radius 2 is 1.94 bits per heavy atom. The zero-order chi connectivity index (χ0) is 23.8. The van der Waals surface area contributed by atoms with Gasteiger partial charge in [-0.05, 0) is 36.4 Å². The number of nitrogens with zero attached hydrogens (tertiary/aromatic N) is 4. The molecule has 6 rings (SSSR count). The molecular weight excluding hydrogens is 468 g/mol. The van der Waals surface area contributed by atoms with E-state index in [1.807, 2.05) is 48.7 Å². The van der Waals surface area contributed by atoms with Gasteiger partial charge in [-0.3, -0.25) is 0 Å². The van der Waals surface area contributed by atoms with Gasteiger partial charge < -0.3 is 24.8 Å². The minimum atomic E-state index is 0.114. The van der Waals surface area contributed by atoms with E-state index in [1.54, 1.807) is 23.9 Å². The van der Waals surface area contributed by atoms with Gasteiger partial charge in [-0.15, -0.1) is 0 Å². The predicted molar refractivity (Wildman–Crippen MR) is 133 cm³/mol. The highest BCUT2D eigenvalue weighted by Gasteiger charge is 2.21. The maximum absolute atomic E-state index is 6.55. The van der Waals surface area contributed by atoms with Crippen molar-refractivity contribution in [3.05, 3.63) is 72.3 Å². The van der Waals surface area contributed by atoms with E-state index >= 15 is 0 Å². The van der Waals surface area contributed by atoms with E-state index in [4.69, 9.17) is 25.8 Å². The van der Waals surface area contributed by atoms with E-state index in [-0.39, 0.29) is 6.10 Å². The van der Waals surface area contributed by atoms with Crippen LogP contribution in [0.1, 0.15) is 0 Å². The van der Waals surface area contributed by atoms with Gasteiger partial charge in [-0.1, -0.05) is 11.6 Å². The molecule has 1 saturated heterocycles. The number of fused-ring (bicyclic) bond motifs is 2. The lowest BCUT2D eigenvalue weighted by atomic mass is 10.2. The maximum Gasteiger partial charge on any atom is 0.162 e. The van der Waals surface area contributed by atoms with Crippen molar-refractivity contribution in [3.8, 4) is 23.0 Å². The van der Waals surface area contributed by atoms with E-state index in [0.717, 1.165) is 35.2 Å². The average molecular weight is 489 g/mol. The molecule has 0 saturated carbocycles. The molecule has 3 aromatic heterocycles. The Balaban J connectivity index is 1.27. The van der Waals surface area contributed by atoms with Crippen LogP contribution in [-0.2, 0) is 0 Å². The van der Waals surface area contributed by atoms with Gasteiger partial charge in [0.2, 0.25) is 0 Å². The Kier molecular flexibility index (Phi) is 5.48. The van der Waals surface area contributed by atoms with Crippen molar-refractivity contribution in [1.29, 1.82) is 0 Å². The molecule has 2 aromatic carbocycles. The summed E-state index contributed by atoms with van der Waals surface area (Å²) in [4.78, 5) is 8.83. The van der Waals surface area contributed by atoms with Gasteiger partial charge in [0, 0.05) is 48.7 Å². The van der Waals surface area contributed by atoms with Gasteiger partial charge in [-0.25, -0.2) is 14.5 Å². The van der Waals surface area contributed by atoms with Crippen LogP contribution < -0.4 is 24.8 Å². The number of ether oxygens (including phenoxy) is 3. The molecule has 0 radical (unpaired) electrons. The first-order chi connectivity index (χ1) is 17.2. The summed E-state index contributed by atoms with van der Waals surface area (Å²) in [7, 11) is 1.62. The van der Waals surface area contributed by atoms with E-state index in [0.29, 0.717) is 33.8 Å². The highest BCUT2D eigenvalue weighted by Crippen LogP contribution is 2.37. The molecule has 1 aliphatic rings. The first-order valence-electron chi connectivity index (χ1n) is 11.0. The summed E-state index contributed by atoms with van der Waals surface area (Å²) in [5.74, 6) is 3.13. The highest BCUT2D eigenvalue weighted by molar-refractivity contribution is 6.32. The van der Waals surface area contributed by atoms with Crippen molar-refractivity contribution in [2.24, 2.45) is 0 Å². The van der Waals surface area contributed by atoms with Gasteiger partial charge >= 0.3 is 0 Å². The van der Waals surface area contributed by atoms with Gasteiger partial charge in [0.1, 0.15) is 29.7 Å². The van der Waals surface area contributed by atoms with Crippen molar-refractivity contribution >= 4 is 39.5 Å². The Hall–Kier alpha value is -4.08. The molecule has 1 aliphatic heterocycles. The van der Waals surface area contributed by atoms with E-state index < -0.39 is 0 Å². The van der Waals surface area contributed by atoms with Crippen molar-refractivity contribution < 1.29 is 14.2 Å². The molecule has 9 nitrogen and oxygen atoms in total. The van der Waals surface area contributed by atoms with Crippen LogP contribution in [0.5, 0.6) is 23.0 Å². The van der Waals surface area contributed by atoms with Crippen LogP contribution in [0.25, 0.3) is 16.4 Å². The third-order valence-corrected chi connectivity index (χ3v) is 6.05. The quantitative estimate of drug-likeness (QED) is 0.336. The molecular formula is C25H21ClN6O3. The molecule has 1 fully saturated rings. The van der Waals surface area contributed by atoms with Crippen molar-refractivity contribution in [1.82, 2.24) is 24.9 Å². The fourth-order valence-electron chi connectivity index (χ4n) is 3.83. The molecule has 2 N–H and O–H groups in total. The normalized spacial score (nSPS) is 13.5. The molecule has 176 valence electrons. The second-order valence-corrected chi connectivity index (χ2v) is 8.48. The molecule has 0 aliphatic carbocycles. The number of anilines is 2. The van der Waals surface area contributed by atoms with Crippen LogP contribution in [-0.4, -0.2) is 45.9 Å². The Bertz CT molecular complexity index is 1540. The lowest BCUT2D eigenvalue weighted by molar-refractivity contribution is 0.137. The molecule has 0 spiro atoms. The number of hydrogen-bond donors (Lipinski definition) is 2. The number of pyridine rings is 1. The number of aromatic nitrogens is 4. The maximum atomic E-state index is 6.55. The summed E-state index contributed by atoms with van der Waals surface area (Å²) in [5, 5.41) is 12.0. The van der Waals surface area contributed by atoms with E-state index in [2.05, 4.69) is 25.7 Å². The number of rotatable bonds is 7. The standard InChI is InChI=1S/C25H21ClN6O3/c1-33-23-11-21-19(10-24(23)35-18-12-27-13-18)25(29-14-28-21)31-15-2-3-22(20(26)8-15)34-17-5-7-32-16(9-17)4-6-30-32/h2-11,14,18,27H,12-13H2,1H3,(H,28,29,31). The highest BCUT2D eigenvalue weighted by atomic mass is 35.5. The van der Waals surface area contributed by atoms with Gasteiger partial charge in [0.05, 0.1) is 23.2 Å². The molecule has 35 heavy (non-hydrogen) atoms. The van der Waals surface area contributed by atoms with E-state index in [9.17, 15) is 0 Å². The smallest absolute Gasteiger partial charge is 0.162 e. The zero-order valence-electron chi connectivity index (χ0n) is 18.7. The molecule has 0 unspecified atom stereocenters. The summed E-state index contributed by atoms with van der Waals surface area (Å²) < 4.78 is 19.4. The SMILES string of the molecule is COc1cc2ncnc(Nc3ccc(Oc4ccn5nccc5c4)c(Cl)c3)c2cc1OC1CNC1. The molecule has 0 atom stereocenters. The van der Waals surface area contributed by atoms with Crippen molar-refractivity contribution in [3.63, 3.8) is 0 Å². The summed E-state index contributed by atoms with van der Waals surface area (Å²) in [6, 6.07) is 14.9. The topological polar surface area (TPSA) is 94.8 Å². The number of methoxy groups -OCH3 is 1. The average Bonchev–Trinajstić information content (AvgIpc) is 3.31. The monoisotopic (exact) mass is 488 g/mol. The Labute approximate surface area is 205 Å². The van der Waals surface area contributed by atoms with E-state index in [1.165, 1.54) is 6.33 Å². The second kappa shape index (κ2) is 8.94. The summed E-state index contributed by atoms with van der Waals surface area (Å²) in [6.45, 7) is 1.61. The molecule has 0 amide bonds. The fourth-order valence-corrected chi connectivity index (χ4v) is 4.05. The Morgan fingerprint density at radius 3 is 2.74 bits per heavy atom. The third kappa shape index (κ3) is 4.27. The molecule has 4 heterocycles. The van der Waals surface area contributed by atoms with Crippen LogP contribution in [0.2, 0.25) is 5.02 Å². The van der Waals surface area contributed by atoms with Gasteiger partial charge in [-0.2, -0.15) is 5.10 Å². The number of hydrogen-bond acceptors (Lipinski definition) is 8. The summed E-state index contributed by atoms with van der Waals surface area (Å²) in [6.07, 6.45) is 5.19. The first-order valence-corrected chi connectivity index (χ1v) is 11.4. The number of halogens is 1. The van der Waals surface area contributed by atoms with Crippen LogP contribution >= 0.6 is 11.6 Å².